The highest BCUT2D eigenvalue weighted by atomic mass is 19.1. The van der Waals surface area contributed by atoms with Crippen molar-refractivity contribution in [1.29, 1.82) is 0 Å². The maximum absolute atomic E-state index is 13.3. The van der Waals surface area contributed by atoms with Crippen LogP contribution in [0.1, 0.15) is 17.2 Å². The predicted molar refractivity (Wildman–Crippen MR) is 79.7 cm³/mol. The van der Waals surface area contributed by atoms with E-state index in [1.165, 1.54) is 12.1 Å². The van der Waals surface area contributed by atoms with Crippen LogP contribution in [0.5, 0.6) is 11.5 Å². The van der Waals surface area contributed by atoms with Crippen molar-refractivity contribution in [2.24, 2.45) is 5.84 Å². The fourth-order valence-corrected chi connectivity index (χ4v) is 2.20. The molecule has 112 valence electrons. The zero-order valence-electron chi connectivity index (χ0n) is 12.1. The van der Waals surface area contributed by atoms with E-state index in [0.717, 1.165) is 11.1 Å². The third kappa shape index (κ3) is 3.93. The Morgan fingerprint density at radius 1 is 1.10 bits per heavy atom. The predicted octanol–water partition coefficient (Wildman–Crippen LogP) is 2.59. The van der Waals surface area contributed by atoms with E-state index in [9.17, 15) is 4.39 Å². The molecular weight excluding hydrogens is 271 g/mol. The number of hydrogen-bond acceptors (Lipinski definition) is 4. The molecule has 0 saturated carbocycles. The van der Waals surface area contributed by atoms with Crippen molar-refractivity contribution in [2.45, 2.75) is 12.5 Å². The minimum absolute atomic E-state index is 0.171. The van der Waals surface area contributed by atoms with Crippen LogP contribution in [0.25, 0.3) is 0 Å². The second-order valence-corrected chi connectivity index (χ2v) is 4.70. The number of nitrogens with one attached hydrogen (secondary N) is 1. The molecule has 4 nitrogen and oxygen atoms in total. The Morgan fingerprint density at radius 3 is 2.29 bits per heavy atom. The van der Waals surface area contributed by atoms with Crippen LogP contribution in [-0.4, -0.2) is 14.2 Å². The number of nitrogens with two attached hydrogens (primary N) is 1. The van der Waals surface area contributed by atoms with Gasteiger partial charge in [-0.1, -0.05) is 12.1 Å². The van der Waals surface area contributed by atoms with Crippen LogP contribution in [0.15, 0.2) is 42.5 Å². The van der Waals surface area contributed by atoms with Crippen LogP contribution >= 0.6 is 0 Å². The van der Waals surface area contributed by atoms with Gasteiger partial charge in [-0.05, 0) is 41.8 Å². The first-order valence-corrected chi connectivity index (χ1v) is 6.59. The summed E-state index contributed by atoms with van der Waals surface area (Å²) in [7, 11) is 3.19. The average molecular weight is 290 g/mol. The van der Waals surface area contributed by atoms with E-state index in [4.69, 9.17) is 15.3 Å². The monoisotopic (exact) mass is 290 g/mol. The molecule has 21 heavy (non-hydrogen) atoms. The van der Waals surface area contributed by atoms with E-state index >= 15 is 0 Å². The molecule has 0 radical (unpaired) electrons. The number of benzene rings is 2. The Kier molecular flexibility index (Phi) is 5.14. The standard InChI is InChI=1S/C16H19FN2O2/c1-20-14-8-12(9-15(10-14)21-2)16(19-18)7-11-4-3-5-13(17)6-11/h3-6,8-10,16,19H,7,18H2,1-2H3. The van der Waals surface area contributed by atoms with Gasteiger partial charge in [-0.3, -0.25) is 11.3 Å². The molecule has 0 aliphatic carbocycles. The summed E-state index contributed by atoms with van der Waals surface area (Å²) in [5.41, 5.74) is 4.53. The van der Waals surface area contributed by atoms with E-state index in [2.05, 4.69) is 5.43 Å². The lowest BCUT2D eigenvalue weighted by Gasteiger charge is -2.18. The van der Waals surface area contributed by atoms with E-state index in [-0.39, 0.29) is 11.9 Å². The van der Waals surface area contributed by atoms with E-state index in [1.54, 1.807) is 26.4 Å². The van der Waals surface area contributed by atoms with Crippen molar-refractivity contribution in [3.05, 3.63) is 59.4 Å². The van der Waals surface area contributed by atoms with E-state index < -0.39 is 0 Å². The maximum atomic E-state index is 13.3. The van der Waals surface area contributed by atoms with Gasteiger partial charge in [-0.2, -0.15) is 0 Å². The van der Waals surface area contributed by atoms with Crippen LogP contribution in [0.2, 0.25) is 0 Å². The van der Waals surface area contributed by atoms with Crippen molar-refractivity contribution >= 4 is 0 Å². The van der Waals surface area contributed by atoms with E-state index in [1.807, 2.05) is 18.2 Å². The minimum atomic E-state index is -0.258. The zero-order chi connectivity index (χ0) is 15.2. The minimum Gasteiger partial charge on any atom is -0.497 e. The molecule has 0 heterocycles. The van der Waals surface area contributed by atoms with Crippen LogP contribution in [0.3, 0.4) is 0 Å². The molecule has 0 aliphatic rings. The first-order chi connectivity index (χ1) is 10.2. The first kappa shape index (κ1) is 15.3. The van der Waals surface area contributed by atoms with Gasteiger partial charge in [0.2, 0.25) is 0 Å². The molecule has 2 aromatic rings. The zero-order valence-corrected chi connectivity index (χ0v) is 12.1. The summed E-state index contributed by atoms with van der Waals surface area (Å²) >= 11 is 0. The molecule has 1 unspecified atom stereocenters. The van der Waals surface area contributed by atoms with Crippen molar-refractivity contribution in [3.63, 3.8) is 0 Å². The fourth-order valence-electron chi connectivity index (χ4n) is 2.20. The quantitative estimate of drug-likeness (QED) is 0.634. The van der Waals surface area contributed by atoms with E-state index in [0.29, 0.717) is 17.9 Å². The van der Waals surface area contributed by atoms with Gasteiger partial charge in [0.15, 0.2) is 0 Å². The summed E-state index contributed by atoms with van der Waals surface area (Å²) < 4.78 is 23.8. The lowest BCUT2D eigenvalue weighted by Crippen LogP contribution is -2.29. The highest BCUT2D eigenvalue weighted by molar-refractivity contribution is 5.40. The molecule has 0 aliphatic heterocycles. The summed E-state index contributed by atoms with van der Waals surface area (Å²) in [6, 6.07) is 11.9. The highest BCUT2D eigenvalue weighted by Crippen LogP contribution is 2.28. The van der Waals surface area contributed by atoms with Crippen molar-refractivity contribution in [1.82, 2.24) is 5.43 Å². The molecule has 0 bridgehead atoms. The lowest BCUT2D eigenvalue weighted by atomic mass is 9.99. The topological polar surface area (TPSA) is 56.5 Å². The second kappa shape index (κ2) is 7.06. The van der Waals surface area contributed by atoms with Crippen LogP contribution in [-0.2, 0) is 6.42 Å². The molecule has 1 atom stereocenters. The van der Waals surface area contributed by atoms with Crippen molar-refractivity contribution in [2.75, 3.05) is 14.2 Å². The van der Waals surface area contributed by atoms with Crippen LogP contribution in [0, 0.1) is 5.82 Å². The number of hydrazine groups is 1. The fraction of sp³-hybridized carbons (Fsp3) is 0.250. The van der Waals surface area contributed by atoms with Gasteiger partial charge < -0.3 is 9.47 Å². The smallest absolute Gasteiger partial charge is 0.123 e. The SMILES string of the molecule is COc1cc(OC)cc(C(Cc2cccc(F)c2)NN)c1. The Bertz CT molecular complexity index is 582. The number of ether oxygens (including phenoxy) is 2. The average Bonchev–Trinajstić information content (AvgIpc) is 2.52. The largest absolute Gasteiger partial charge is 0.497 e. The molecule has 2 aromatic carbocycles. The summed E-state index contributed by atoms with van der Waals surface area (Å²) in [4.78, 5) is 0. The van der Waals surface area contributed by atoms with Crippen LogP contribution in [0.4, 0.5) is 4.39 Å². The van der Waals surface area contributed by atoms with Gasteiger partial charge in [0.05, 0.1) is 20.3 Å². The molecule has 2 rings (SSSR count). The van der Waals surface area contributed by atoms with Crippen molar-refractivity contribution in [3.8, 4) is 11.5 Å². The van der Waals surface area contributed by atoms with Gasteiger partial charge in [-0.25, -0.2) is 4.39 Å². The molecule has 5 heteroatoms. The number of rotatable bonds is 6. The third-order valence-corrected chi connectivity index (χ3v) is 3.31. The molecule has 0 saturated heterocycles. The lowest BCUT2D eigenvalue weighted by molar-refractivity contribution is 0.391. The molecule has 0 amide bonds. The van der Waals surface area contributed by atoms with Gasteiger partial charge >= 0.3 is 0 Å². The number of methoxy groups -OCH3 is 2. The molecular formula is C16H19FN2O2. The van der Waals surface area contributed by atoms with Gasteiger partial charge in [0.25, 0.3) is 0 Å². The number of hydrogen-bond donors (Lipinski definition) is 2. The Labute approximate surface area is 123 Å². The van der Waals surface area contributed by atoms with Gasteiger partial charge in [-0.15, -0.1) is 0 Å². The number of halogens is 1. The molecule has 0 spiro atoms. The first-order valence-electron chi connectivity index (χ1n) is 6.59. The summed E-state index contributed by atoms with van der Waals surface area (Å²) in [5.74, 6) is 6.76. The third-order valence-electron chi connectivity index (χ3n) is 3.31. The Hall–Kier alpha value is -2.11. The van der Waals surface area contributed by atoms with Crippen molar-refractivity contribution < 1.29 is 13.9 Å². The molecule has 3 N–H and O–H groups in total. The second-order valence-electron chi connectivity index (χ2n) is 4.70. The summed E-state index contributed by atoms with van der Waals surface area (Å²) in [6.45, 7) is 0. The highest BCUT2D eigenvalue weighted by Gasteiger charge is 2.14. The van der Waals surface area contributed by atoms with Gasteiger partial charge in [0.1, 0.15) is 17.3 Å². The Morgan fingerprint density at radius 2 is 1.76 bits per heavy atom. The van der Waals surface area contributed by atoms with Gasteiger partial charge in [0, 0.05) is 6.07 Å². The normalized spacial score (nSPS) is 12.0. The summed E-state index contributed by atoms with van der Waals surface area (Å²) in [6.07, 6.45) is 0.560. The Balaban J connectivity index is 2.28. The maximum Gasteiger partial charge on any atom is 0.123 e. The molecule has 0 aromatic heterocycles. The molecule has 0 fully saturated rings. The summed E-state index contributed by atoms with van der Waals surface area (Å²) in [5, 5.41) is 0. The van der Waals surface area contributed by atoms with Crippen LogP contribution < -0.4 is 20.7 Å².